The molecule has 0 aliphatic rings. The van der Waals surface area contributed by atoms with Crippen LogP contribution in [0.15, 0.2) is 21.7 Å². The molecule has 0 atom stereocenters. The van der Waals surface area contributed by atoms with Crippen LogP contribution in [0.25, 0.3) is 0 Å². The molecule has 2 aromatic carbocycles. The summed E-state index contributed by atoms with van der Waals surface area (Å²) in [6, 6.07) is 2.94. The zero-order valence-electron chi connectivity index (χ0n) is 14.8. The maximum absolute atomic E-state index is 13.9. The van der Waals surface area contributed by atoms with Gasteiger partial charge in [-0.25, -0.2) is 17.6 Å². The number of benzene rings is 2. The van der Waals surface area contributed by atoms with Gasteiger partial charge in [-0.15, -0.1) is 6.42 Å². The third-order valence-electron chi connectivity index (χ3n) is 3.49. The van der Waals surface area contributed by atoms with E-state index in [1.54, 1.807) is 5.43 Å². The van der Waals surface area contributed by atoms with Crippen LogP contribution in [0.2, 0.25) is 0 Å². The molecule has 0 aliphatic heterocycles. The zero-order valence-corrected chi connectivity index (χ0v) is 16.4. The second kappa shape index (κ2) is 9.25. The van der Waals surface area contributed by atoms with Crippen LogP contribution in [0.1, 0.15) is 11.1 Å². The van der Waals surface area contributed by atoms with Gasteiger partial charge < -0.3 is 9.47 Å². The average molecular weight is 499 g/mol. The predicted molar refractivity (Wildman–Crippen MR) is 97.5 cm³/mol. The minimum atomic E-state index is -5.65. The number of ether oxygens (including phenoxy) is 2. The highest BCUT2D eigenvalue weighted by Gasteiger charge is 2.42. The van der Waals surface area contributed by atoms with Gasteiger partial charge in [-0.2, -0.15) is 18.3 Å². The molecule has 0 bridgehead atoms. The van der Waals surface area contributed by atoms with Crippen molar-refractivity contribution in [3.8, 4) is 23.8 Å². The van der Waals surface area contributed by atoms with E-state index in [9.17, 15) is 30.7 Å². The highest BCUT2D eigenvalue weighted by atomic mass is 79.9. The van der Waals surface area contributed by atoms with E-state index in [0.29, 0.717) is 4.47 Å². The summed E-state index contributed by atoms with van der Waals surface area (Å²) < 4.78 is 104. The first kappa shape index (κ1) is 23.3. The van der Waals surface area contributed by atoms with E-state index in [1.165, 1.54) is 19.2 Å². The monoisotopic (exact) mass is 498 g/mol. The first-order valence-corrected chi connectivity index (χ1v) is 8.48. The van der Waals surface area contributed by atoms with Gasteiger partial charge in [0.05, 0.1) is 13.3 Å². The minimum absolute atomic E-state index is 0.0786. The summed E-state index contributed by atoms with van der Waals surface area (Å²) in [4.78, 5) is 0. The van der Waals surface area contributed by atoms with Gasteiger partial charge in [-0.05, 0) is 12.1 Å². The normalized spacial score (nSPS) is 11.5. The number of anilines is 1. The molecule has 0 unspecified atom stereocenters. The van der Waals surface area contributed by atoms with Crippen LogP contribution in [-0.4, -0.2) is 19.9 Å². The molecule has 0 heterocycles. The van der Waals surface area contributed by atoms with Crippen LogP contribution in [0.5, 0.6) is 11.5 Å². The fraction of sp³-hybridized carbons (Fsp3) is 0.167. The molecule has 1 N–H and O–H groups in total. The molecule has 12 heteroatoms. The SMILES string of the molecule is C#CCOc1c(C=NNc2c(F)c(F)c(C(F)(F)F)c(F)c2F)cc(Br)cc1OC. The number of nitrogens with zero attached hydrogens (tertiary/aromatic N) is 1. The molecule has 30 heavy (non-hydrogen) atoms. The van der Waals surface area contributed by atoms with Crippen LogP contribution >= 0.6 is 15.9 Å². The van der Waals surface area contributed by atoms with E-state index in [0.717, 1.165) is 6.21 Å². The van der Waals surface area contributed by atoms with Crippen molar-refractivity contribution in [3.05, 3.63) is 51.0 Å². The predicted octanol–water partition coefficient (Wildman–Crippen LogP) is 5.49. The number of methoxy groups -OCH3 is 1. The van der Waals surface area contributed by atoms with Crippen molar-refractivity contribution in [3.63, 3.8) is 0 Å². The Kier molecular flexibility index (Phi) is 7.20. The molecule has 0 saturated heterocycles. The van der Waals surface area contributed by atoms with Crippen LogP contribution in [0.4, 0.5) is 36.4 Å². The van der Waals surface area contributed by atoms with Gasteiger partial charge in [-0.3, -0.25) is 5.43 Å². The van der Waals surface area contributed by atoms with Crippen molar-refractivity contribution >= 4 is 27.8 Å². The molecule has 0 spiro atoms. The fourth-order valence-electron chi connectivity index (χ4n) is 2.25. The lowest BCUT2D eigenvalue weighted by Gasteiger charge is -2.14. The Labute approximate surface area is 173 Å². The minimum Gasteiger partial charge on any atom is -0.493 e. The van der Waals surface area contributed by atoms with Gasteiger partial charge in [0.2, 0.25) is 0 Å². The fourth-order valence-corrected chi connectivity index (χ4v) is 2.70. The molecule has 0 radical (unpaired) electrons. The van der Waals surface area contributed by atoms with E-state index in [4.69, 9.17) is 15.9 Å². The Hall–Kier alpha value is -2.94. The van der Waals surface area contributed by atoms with Crippen molar-refractivity contribution in [2.45, 2.75) is 6.18 Å². The largest absolute Gasteiger partial charge is 0.493 e. The lowest BCUT2D eigenvalue weighted by molar-refractivity contribution is -0.143. The molecule has 0 fully saturated rings. The molecule has 0 amide bonds. The maximum atomic E-state index is 13.9. The molecule has 2 rings (SSSR count). The number of hydrazone groups is 1. The van der Waals surface area contributed by atoms with Crippen molar-refractivity contribution < 1.29 is 40.2 Å². The number of rotatable bonds is 6. The number of hydrogen-bond donors (Lipinski definition) is 1. The lowest BCUT2D eigenvalue weighted by Crippen LogP contribution is -2.16. The average Bonchev–Trinajstić information content (AvgIpc) is 2.66. The highest BCUT2D eigenvalue weighted by molar-refractivity contribution is 9.10. The third-order valence-corrected chi connectivity index (χ3v) is 3.95. The molecule has 0 saturated carbocycles. The van der Waals surface area contributed by atoms with Crippen LogP contribution in [0, 0.1) is 35.6 Å². The topological polar surface area (TPSA) is 42.8 Å². The van der Waals surface area contributed by atoms with E-state index in [1.807, 2.05) is 0 Å². The molecule has 0 aromatic heterocycles. The van der Waals surface area contributed by atoms with Gasteiger partial charge >= 0.3 is 6.18 Å². The van der Waals surface area contributed by atoms with Gasteiger partial charge in [0, 0.05) is 10.0 Å². The van der Waals surface area contributed by atoms with Crippen molar-refractivity contribution in [2.24, 2.45) is 5.10 Å². The molecule has 2 aromatic rings. The highest BCUT2D eigenvalue weighted by Crippen LogP contribution is 2.38. The first-order chi connectivity index (χ1) is 14.0. The Morgan fingerprint density at radius 2 is 1.73 bits per heavy atom. The van der Waals surface area contributed by atoms with Crippen LogP contribution in [-0.2, 0) is 6.18 Å². The number of alkyl halides is 3. The second-order valence-electron chi connectivity index (χ2n) is 5.39. The Morgan fingerprint density at radius 3 is 2.23 bits per heavy atom. The standard InChI is InChI=1S/C18H10BrF7N2O2/c1-3-4-30-17-8(5-9(19)6-10(17)29-2)7-27-28-16-14(22)12(20)11(18(24,25)26)13(21)15(16)23/h1,5-7,28H,4H2,2H3. The summed E-state index contributed by atoms with van der Waals surface area (Å²) in [6.07, 6.45) is 0.400. The number of halogens is 8. The summed E-state index contributed by atoms with van der Waals surface area (Å²) in [5.41, 5.74) is -2.44. The summed E-state index contributed by atoms with van der Waals surface area (Å²) in [7, 11) is 1.32. The summed E-state index contributed by atoms with van der Waals surface area (Å²) >= 11 is 3.18. The summed E-state index contributed by atoms with van der Waals surface area (Å²) in [6.45, 7) is -0.176. The van der Waals surface area contributed by atoms with Crippen molar-refractivity contribution in [2.75, 3.05) is 19.1 Å². The van der Waals surface area contributed by atoms with E-state index >= 15 is 0 Å². The third kappa shape index (κ3) is 4.79. The molecule has 160 valence electrons. The maximum Gasteiger partial charge on any atom is 0.422 e. The van der Waals surface area contributed by atoms with Crippen molar-refractivity contribution in [1.82, 2.24) is 0 Å². The molecule has 0 aliphatic carbocycles. The summed E-state index contributed by atoms with van der Waals surface area (Å²) in [5.74, 6) is -7.32. The lowest BCUT2D eigenvalue weighted by atomic mass is 10.1. The van der Waals surface area contributed by atoms with Gasteiger partial charge in [0.25, 0.3) is 0 Å². The van der Waals surface area contributed by atoms with Crippen LogP contribution in [0.3, 0.4) is 0 Å². The van der Waals surface area contributed by atoms with Crippen molar-refractivity contribution in [1.29, 1.82) is 0 Å². The van der Waals surface area contributed by atoms with Gasteiger partial charge in [0.15, 0.2) is 34.8 Å². The van der Waals surface area contributed by atoms with E-state index in [-0.39, 0.29) is 23.7 Å². The number of nitrogens with one attached hydrogen (secondary N) is 1. The Bertz CT molecular complexity index is 1000. The Balaban J connectivity index is 2.46. The van der Waals surface area contributed by atoms with E-state index in [2.05, 4.69) is 27.0 Å². The smallest absolute Gasteiger partial charge is 0.422 e. The second-order valence-corrected chi connectivity index (χ2v) is 6.31. The first-order valence-electron chi connectivity index (χ1n) is 7.68. The quantitative estimate of drug-likeness (QED) is 0.188. The number of hydrogen-bond acceptors (Lipinski definition) is 4. The van der Waals surface area contributed by atoms with Gasteiger partial charge in [0.1, 0.15) is 17.9 Å². The Morgan fingerprint density at radius 1 is 1.13 bits per heavy atom. The zero-order chi connectivity index (χ0) is 22.6. The molecule has 4 nitrogen and oxygen atoms in total. The van der Waals surface area contributed by atoms with Gasteiger partial charge in [-0.1, -0.05) is 21.9 Å². The molecular formula is C18H10BrF7N2O2. The molecular weight excluding hydrogens is 489 g/mol. The van der Waals surface area contributed by atoms with E-state index < -0.39 is 40.7 Å². The van der Waals surface area contributed by atoms with Crippen LogP contribution < -0.4 is 14.9 Å². The number of terminal acetylenes is 1. The summed E-state index contributed by atoms with van der Waals surface area (Å²) in [5, 5.41) is 3.42.